The SMILES string of the molecule is O=CC(I)C1CCCCC1. The molecule has 58 valence electrons. The molecule has 0 heterocycles. The van der Waals surface area contributed by atoms with Crippen molar-refractivity contribution < 1.29 is 4.79 Å². The minimum absolute atomic E-state index is 0.276. The number of hydrogen-bond acceptors (Lipinski definition) is 1. The van der Waals surface area contributed by atoms with Gasteiger partial charge in [0.25, 0.3) is 0 Å². The van der Waals surface area contributed by atoms with Gasteiger partial charge in [0.05, 0.1) is 3.92 Å². The Morgan fingerprint density at radius 3 is 2.40 bits per heavy atom. The molecule has 1 atom stereocenters. The normalized spacial score (nSPS) is 24.1. The van der Waals surface area contributed by atoms with Gasteiger partial charge < -0.3 is 4.79 Å². The number of carbonyl (C=O) groups is 1. The summed E-state index contributed by atoms with van der Waals surface area (Å²) in [6.45, 7) is 0. The number of alkyl halides is 1. The van der Waals surface area contributed by atoms with E-state index in [2.05, 4.69) is 22.6 Å². The Bertz CT molecular complexity index is 108. The summed E-state index contributed by atoms with van der Waals surface area (Å²) < 4.78 is 0.276. The molecule has 1 nitrogen and oxygen atoms in total. The summed E-state index contributed by atoms with van der Waals surface area (Å²) in [5.41, 5.74) is 0. The first-order valence-corrected chi connectivity index (χ1v) is 5.18. The zero-order valence-electron chi connectivity index (χ0n) is 6.05. The maximum absolute atomic E-state index is 10.4. The van der Waals surface area contributed by atoms with Gasteiger partial charge in [-0.15, -0.1) is 0 Å². The van der Waals surface area contributed by atoms with E-state index in [9.17, 15) is 4.79 Å². The predicted molar refractivity (Wildman–Crippen MR) is 50.4 cm³/mol. The summed E-state index contributed by atoms with van der Waals surface area (Å²) in [5, 5.41) is 0. The Labute approximate surface area is 75.7 Å². The van der Waals surface area contributed by atoms with Gasteiger partial charge in [0.2, 0.25) is 0 Å². The lowest BCUT2D eigenvalue weighted by atomic mass is 9.87. The monoisotopic (exact) mass is 252 g/mol. The molecule has 1 aliphatic carbocycles. The second-order valence-corrected chi connectivity index (χ2v) is 4.42. The van der Waals surface area contributed by atoms with E-state index in [1.54, 1.807) is 0 Å². The molecular weight excluding hydrogens is 239 g/mol. The molecule has 0 aliphatic heterocycles. The van der Waals surface area contributed by atoms with E-state index >= 15 is 0 Å². The van der Waals surface area contributed by atoms with Gasteiger partial charge in [0.1, 0.15) is 6.29 Å². The van der Waals surface area contributed by atoms with Crippen molar-refractivity contribution in [2.24, 2.45) is 5.92 Å². The molecule has 0 N–H and O–H groups in total. The molecule has 1 aliphatic rings. The highest BCUT2D eigenvalue weighted by Gasteiger charge is 2.19. The third kappa shape index (κ3) is 2.22. The molecule has 0 aromatic rings. The van der Waals surface area contributed by atoms with E-state index in [1.807, 2.05) is 0 Å². The lowest BCUT2D eigenvalue weighted by Gasteiger charge is -2.22. The molecule has 1 unspecified atom stereocenters. The molecule has 10 heavy (non-hydrogen) atoms. The largest absolute Gasteiger partial charge is 0.302 e. The van der Waals surface area contributed by atoms with Crippen LogP contribution in [-0.2, 0) is 4.79 Å². The smallest absolute Gasteiger partial charge is 0.133 e. The standard InChI is InChI=1S/C8H13IO/c9-8(6-10)7-4-2-1-3-5-7/h6-8H,1-5H2. The molecule has 1 fully saturated rings. The molecule has 0 spiro atoms. The van der Waals surface area contributed by atoms with E-state index in [0.29, 0.717) is 5.92 Å². The minimum Gasteiger partial charge on any atom is -0.302 e. The summed E-state index contributed by atoms with van der Waals surface area (Å²) >= 11 is 2.26. The minimum atomic E-state index is 0.276. The fourth-order valence-electron chi connectivity index (χ4n) is 1.56. The van der Waals surface area contributed by atoms with E-state index < -0.39 is 0 Å². The van der Waals surface area contributed by atoms with Crippen LogP contribution < -0.4 is 0 Å². The third-order valence-corrected chi connectivity index (χ3v) is 3.54. The Morgan fingerprint density at radius 1 is 1.30 bits per heavy atom. The Morgan fingerprint density at radius 2 is 1.90 bits per heavy atom. The van der Waals surface area contributed by atoms with Crippen molar-refractivity contribution >= 4 is 28.9 Å². The molecule has 0 aromatic heterocycles. The van der Waals surface area contributed by atoms with Gasteiger partial charge in [0, 0.05) is 0 Å². The van der Waals surface area contributed by atoms with Crippen LogP contribution in [0.3, 0.4) is 0 Å². The van der Waals surface area contributed by atoms with E-state index in [4.69, 9.17) is 0 Å². The van der Waals surface area contributed by atoms with Crippen molar-refractivity contribution in [3.63, 3.8) is 0 Å². The molecule has 1 rings (SSSR count). The van der Waals surface area contributed by atoms with Crippen LogP contribution in [0.2, 0.25) is 0 Å². The van der Waals surface area contributed by atoms with Crippen molar-refractivity contribution in [3.05, 3.63) is 0 Å². The second kappa shape index (κ2) is 4.31. The van der Waals surface area contributed by atoms with Crippen LogP contribution in [-0.4, -0.2) is 10.2 Å². The second-order valence-electron chi connectivity index (χ2n) is 2.98. The highest BCUT2D eigenvalue weighted by Crippen LogP contribution is 2.29. The molecule has 1 saturated carbocycles. The van der Waals surface area contributed by atoms with Crippen molar-refractivity contribution in [2.45, 2.75) is 36.0 Å². The summed E-state index contributed by atoms with van der Waals surface area (Å²) in [6.07, 6.45) is 7.67. The quantitative estimate of drug-likeness (QED) is 0.419. The lowest BCUT2D eigenvalue weighted by molar-refractivity contribution is -0.108. The molecule has 0 aromatic carbocycles. The van der Waals surface area contributed by atoms with Gasteiger partial charge in [-0.1, -0.05) is 41.9 Å². The first-order chi connectivity index (χ1) is 4.84. The van der Waals surface area contributed by atoms with Gasteiger partial charge in [-0.05, 0) is 18.8 Å². The molecule has 2 heteroatoms. The zero-order chi connectivity index (χ0) is 7.40. The predicted octanol–water partition coefficient (Wildman–Crippen LogP) is 2.57. The maximum Gasteiger partial charge on any atom is 0.133 e. The van der Waals surface area contributed by atoms with Gasteiger partial charge in [-0.25, -0.2) is 0 Å². The first-order valence-electron chi connectivity index (χ1n) is 3.94. The third-order valence-electron chi connectivity index (χ3n) is 2.23. The zero-order valence-corrected chi connectivity index (χ0v) is 8.21. The molecule has 0 amide bonds. The van der Waals surface area contributed by atoms with Gasteiger partial charge in [0.15, 0.2) is 0 Å². The molecular formula is C8H13IO. The van der Waals surface area contributed by atoms with Crippen molar-refractivity contribution in [2.75, 3.05) is 0 Å². The molecule has 0 saturated heterocycles. The maximum atomic E-state index is 10.4. The highest BCUT2D eigenvalue weighted by atomic mass is 127. The van der Waals surface area contributed by atoms with Crippen LogP contribution in [0.4, 0.5) is 0 Å². The van der Waals surface area contributed by atoms with Crippen molar-refractivity contribution in [1.82, 2.24) is 0 Å². The van der Waals surface area contributed by atoms with Gasteiger partial charge in [-0.2, -0.15) is 0 Å². The van der Waals surface area contributed by atoms with Crippen LogP contribution in [0, 0.1) is 5.92 Å². The number of halogens is 1. The summed E-state index contributed by atoms with van der Waals surface area (Å²) in [4.78, 5) is 10.4. The molecule has 0 radical (unpaired) electrons. The van der Waals surface area contributed by atoms with E-state index in [0.717, 1.165) is 6.29 Å². The Balaban J connectivity index is 2.30. The number of carbonyl (C=O) groups excluding carboxylic acids is 1. The van der Waals surface area contributed by atoms with Crippen LogP contribution in [0.25, 0.3) is 0 Å². The van der Waals surface area contributed by atoms with E-state index in [1.165, 1.54) is 32.1 Å². The van der Waals surface area contributed by atoms with Crippen LogP contribution in [0.1, 0.15) is 32.1 Å². The van der Waals surface area contributed by atoms with E-state index in [-0.39, 0.29) is 3.92 Å². The van der Waals surface area contributed by atoms with Gasteiger partial charge in [-0.3, -0.25) is 0 Å². The molecule has 0 bridgehead atoms. The summed E-state index contributed by atoms with van der Waals surface area (Å²) in [7, 11) is 0. The fourth-order valence-corrected chi connectivity index (χ4v) is 2.28. The summed E-state index contributed by atoms with van der Waals surface area (Å²) in [6, 6.07) is 0. The average molecular weight is 252 g/mol. The van der Waals surface area contributed by atoms with Gasteiger partial charge >= 0.3 is 0 Å². The Hall–Kier alpha value is 0.400. The van der Waals surface area contributed by atoms with Crippen LogP contribution >= 0.6 is 22.6 Å². The van der Waals surface area contributed by atoms with Crippen LogP contribution in [0.15, 0.2) is 0 Å². The highest BCUT2D eigenvalue weighted by molar-refractivity contribution is 14.1. The topological polar surface area (TPSA) is 17.1 Å². The van der Waals surface area contributed by atoms with Crippen LogP contribution in [0.5, 0.6) is 0 Å². The number of aldehydes is 1. The number of rotatable bonds is 2. The summed E-state index contributed by atoms with van der Waals surface area (Å²) in [5.74, 6) is 0.687. The van der Waals surface area contributed by atoms with Crippen molar-refractivity contribution in [1.29, 1.82) is 0 Å². The lowest BCUT2D eigenvalue weighted by Crippen LogP contribution is -2.18. The Kier molecular flexibility index (Phi) is 3.66. The van der Waals surface area contributed by atoms with Crippen molar-refractivity contribution in [3.8, 4) is 0 Å². The first kappa shape index (κ1) is 8.50. The fraction of sp³-hybridized carbons (Fsp3) is 0.875. The average Bonchev–Trinajstić information content (AvgIpc) is 2.05. The number of hydrogen-bond donors (Lipinski definition) is 0.